The summed E-state index contributed by atoms with van der Waals surface area (Å²) in [4.78, 5) is 2.18. The molecule has 6 heteroatoms. The van der Waals surface area contributed by atoms with Crippen molar-refractivity contribution in [2.45, 2.75) is 25.7 Å². The van der Waals surface area contributed by atoms with Gasteiger partial charge in [0.1, 0.15) is 0 Å². The first-order valence-electron chi connectivity index (χ1n) is 7.68. The molecule has 0 aromatic carbocycles. The Labute approximate surface area is 137 Å². The third kappa shape index (κ3) is 2.65. The highest BCUT2D eigenvalue weighted by Gasteiger charge is 2.25. The number of hydrogen-bond acceptors (Lipinski definition) is 6. The molecular weight excluding hydrogens is 320 g/mol. The van der Waals surface area contributed by atoms with Crippen molar-refractivity contribution in [2.75, 3.05) is 26.4 Å². The second-order valence-corrected chi connectivity index (χ2v) is 7.08. The van der Waals surface area contributed by atoms with E-state index in [4.69, 9.17) is 18.9 Å². The second-order valence-electron chi connectivity index (χ2n) is 5.32. The van der Waals surface area contributed by atoms with Gasteiger partial charge in [-0.15, -0.1) is 22.7 Å². The largest absolute Gasteiger partial charge is 0.489 e. The average molecular weight is 338 g/mol. The van der Waals surface area contributed by atoms with E-state index in [0.29, 0.717) is 0 Å². The molecule has 0 radical (unpaired) electrons. The minimum Gasteiger partial charge on any atom is -0.489 e. The molecule has 22 heavy (non-hydrogen) atoms. The third-order valence-corrected chi connectivity index (χ3v) is 5.76. The highest BCUT2D eigenvalue weighted by molar-refractivity contribution is 7.21. The molecule has 4 rings (SSSR count). The van der Waals surface area contributed by atoms with E-state index >= 15 is 0 Å². The SMILES string of the molecule is c1sc(-c2scc3c2OCCCCO3)c2c1OCCCCO2. The monoisotopic (exact) mass is 338 g/mol. The van der Waals surface area contributed by atoms with Crippen LogP contribution in [0.4, 0.5) is 0 Å². The van der Waals surface area contributed by atoms with Crippen LogP contribution in [0.25, 0.3) is 9.75 Å². The molecule has 0 saturated heterocycles. The number of thiophene rings is 2. The summed E-state index contributed by atoms with van der Waals surface area (Å²) in [6.45, 7) is 3.00. The van der Waals surface area contributed by atoms with Gasteiger partial charge >= 0.3 is 0 Å². The highest BCUT2D eigenvalue weighted by Crippen LogP contribution is 2.53. The maximum atomic E-state index is 5.97. The van der Waals surface area contributed by atoms with Gasteiger partial charge in [0.25, 0.3) is 0 Å². The number of hydrogen-bond donors (Lipinski definition) is 0. The summed E-state index contributed by atoms with van der Waals surface area (Å²) in [5.74, 6) is 3.43. The van der Waals surface area contributed by atoms with Crippen LogP contribution < -0.4 is 18.9 Å². The Morgan fingerprint density at radius 3 is 1.45 bits per heavy atom. The van der Waals surface area contributed by atoms with Gasteiger partial charge in [0, 0.05) is 10.8 Å². The predicted octanol–water partition coefficient (Wildman–Crippen LogP) is 4.58. The van der Waals surface area contributed by atoms with Crippen LogP contribution in [0.5, 0.6) is 23.0 Å². The molecule has 0 spiro atoms. The summed E-state index contributed by atoms with van der Waals surface area (Å²) in [5, 5.41) is 4.07. The zero-order chi connectivity index (χ0) is 14.8. The topological polar surface area (TPSA) is 36.9 Å². The van der Waals surface area contributed by atoms with E-state index < -0.39 is 0 Å². The zero-order valence-corrected chi connectivity index (χ0v) is 13.9. The average Bonchev–Trinajstić information content (AvgIpc) is 3.02. The normalized spacial score (nSPS) is 18.0. The molecule has 2 aliphatic rings. The molecule has 0 atom stereocenters. The highest BCUT2D eigenvalue weighted by atomic mass is 32.1. The first kappa shape index (κ1) is 14.2. The molecule has 0 amide bonds. The molecule has 0 aliphatic carbocycles. The molecule has 118 valence electrons. The predicted molar refractivity (Wildman–Crippen MR) is 88.1 cm³/mol. The van der Waals surface area contributed by atoms with Crippen molar-refractivity contribution < 1.29 is 18.9 Å². The number of rotatable bonds is 1. The van der Waals surface area contributed by atoms with Crippen molar-refractivity contribution >= 4 is 22.7 Å². The van der Waals surface area contributed by atoms with Crippen molar-refractivity contribution in [1.82, 2.24) is 0 Å². The first-order chi connectivity index (χ1) is 10.9. The lowest BCUT2D eigenvalue weighted by atomic mass is 10.2. The van der Waals surface area contributed by atoms with Gasteiger partial charge < -0.3 is 18.9 Å². The summed E-state index contributed by atoms with van der Waals surface area (Å²) in [7, 11) is 0. The van der Waals surface area contributed by atoms with E-state index in [0.717, 1.165) is 84.9 Å². The molecule has 0 N–H and O–H groups in total. The van der Waals surface area contributed by atoms with Crippen molar-refractivity contribution in [3.63, 3.8) is 0 Å². The molecule has 0 bridgehead atoms. The van der Waals surface area contributed by atoms with Crippen molar-refractivity contribution in [2.24, 2.45) is 0 Å². The smallest absolute Gasteiger partial charge is 0.180 e. The van der Waals surface area contributed by atoms with Gasteiger partial charge in [-0.1, -0.05) is 0 Å². The molecule has 2 aliphatic heterocycles. The van der Waals surface area contributed by atoms with Crippen LogP contribution in [0, 0.1) is 0 Å². The lowest BCUT2D eigenvalue weighted by molar-refractivity contribution is 0.224. The minimum atomic E-state index is 0.741. The van der Waals surface area contributed by atoms with Crippen molar-refractivity contribution in [1.29, 1.82) is 0 Å². The van der Waals surface area contributed by atoms with Gasteiger partial charge in [-0.2, -0.15) is 0 Å². The molecule has 4 nitrogen and oxygen atoms in total. The maximum Gasteiger partial charge on any atom is 0.180 e. The van der Waals surface area contributed by atoms with Gasteiger partial charge in [0.2, 0.25) is 0 Å². The fourth-order valence-electron chi connectivity index (χ4n) is 2.57. The standard InChI is InChI=1S/C16H18O4S2/c1-3-7-19-13-11(17-5-1)9-21-15(13)16-14-12(10-22-16)18-6-2-4-8-20-14/h9-10H,1-8H2. The van der Waals surface area contributed by atoms with E-state index in [1.54, 1.807) is 22.7 Å². The van der Waals surface area contributed by atoms with E-state index in [1.165, 1.54) is 0 Å². The van der Waals surface area contributed by atoms with Gasteiger partial charge in [-0.25, -0.2) is 0 Å². The summed E-state index contributed by atoms with van der Waals surface area (Å²) >= 11 is 3.30. The molecule has 0 fully saturated rings. The first-order valence-corrected chi connectivity index (χ1v) is 9.44. The summed E-state index contributed by atoms with van der Waals surface area (Å²) in [6.07, 6.45) is 4.12. The Kier molecular flexibility index (Phi) is 4.12. The Morgan fingerprint density at radius 2 is 1.00 bits per heavy atom. The van der Waals surface area contributed by atoms with Crippen LogP contribution in [0.15, 0.2) is 10.8 Å². The van der Waals surface area contributed by atoms with E-state index in [9.17, 15) is 0 Å². The fourth-order valence-corrected chi connectivity index (χ4v) is 4.59. The molecule has 4 heterocycles. The third-order valence-electron chi connectivity index (χ3n) is 3.72. The van der Waals surface area contributed by atoms with Crippen LogP contribution in [0.2, 0.25) is 0 Å². The van der Waals surface area contributed by atoms with Gasteiger partial charge in [-0.05, 0) is 25.7 Å². The Morgan fingerprint density at radius 1 is 0.591 bits per heavy atom. The zero-order valence-electron chi connectivity index (χ0n) is 12.3. The van der Waals surface area contributed by atoms with Crippen molar-refractivity contribution in [3.05, 3.63) is 10.8 Å². The van der Waals surface area contributed by atoms with Crippen LogP contribution in [0.3, 0.4) is 0 Å². The van der Waals surface area contributed by atoms with Crippen LogP contribution >= 0.6 is 22.7 Å². The summed E-state index contributed by atoms with van der Waals surface area (Å²) < 4.78 is 23.6. The molecule has 0 saturated carbocycles. The Balaban J connectivity index is 1.73. The van der Waals surface area contributed by atoms with E-state index in [2.05, 4.69) is 0 Å². The Hall–Kier alpha value is -1.40. The van der Waals surface area contributed by atoms with Gasteiger partial charge in [0.05, 0.1) is 36.2 Å². The molecule has 2 aromatic rings. The van der Waals surface area contributed by atoms with E-state index in [1.807, 2.05) is 10.8 Å². The maximum absolute atomic E-state index is 5.97. The Bertz CT molecular complexity index is 590. The van der Waals surface area contributed by atoms with Crippen LogP contribution in [-0.4, -0.2) is 26.4 Å². The lowest BCUT2D eigenvalue weighted by Crippen LogP contribution is -2.08. The van der Waals surface area contributed by atoms with Gasteiger partial charge in [0.15, 0.2) is 23.0 Å². The summed E-state index contributed by atoms with van der Waals surface area (Å²) in [6, 6.07) is 0. The molecular formula is C16H18O4S2. The van der Waals surface area contributed by atoms with Crippen LogP contribution in [0.1, 0.15) is 25.7 Å². The second kappa shape index (κ2) is 6.38. The van der Waals surface area contributed by atoms with Gasteiger partial charge in [-0.3, -0.25) is 0 Å². The molecule has 2 aromatic heterocycles. The lowest BCUT2D eigenvalue weighted by Gasteiger charge is -2.16. The summed E-state index contributed by atoms with van der Waals surface area (Å²) in [5.41, 5.74) is 0. The number of ether oxygens (including phenoxy) is 4. The van der Waals surface area contributed by atoms with Crippen molar-refractivity contribution in [3.8, 4) is 32.8 Å². The minimum absolute atomic E-state index is 0.741. The molecule has 0 unspecified atom stereocenters. The van der Waals surface area contributed by atoms with Crippen LogP contribution in [-0.2, 0) is 0 Å². The van der Waals surface area contributed by atoms with E-state index in [-0.39, 0.29) is 0 Å². The quantitative estimate of drug-likeness (QED) is 0.763. The number of fused-ring (bicyclic) bond motifs is 2. The fraction of sp³-hybridized carbons (Fsp3) is 0.500.